The van der Waals surface area contributed by atoms with E-state index in [1.54, 1.807) is 38.1 Å². The van der Waals surface area contributed by atoms with Crippen molar-refractivity contribution in [3.8, 4) is 0 Å². The Balaban J connectivity index is 1.93. The number of imide groups is 1. The fourth-order valence-corrected chi connectivity index (χ4v) is 5.24. The van der Waals surface area contributed by atoms with Gasteiger partial charge in [-0.3, -0.25) is 33.3 Å². The summed E-state index contributed by atoms with van der Waals surface area (Å²) in [6.07, 6.45) is -0.790. The zero-order valence-electron chi connectivity index (χ0n) is 27.8. The molecule has 1 aromatic rings. The number of esters is 1. The van der Waals surface area contributed by atoms with Gasteiger partial charge >= 0.3 is 18.0 Å². The molecule has 1 aromatic carbocycles. The van der Waals surface area contributed by atoms with Gasteiger partial charge in [0.25, 0.3) is 21.9 Å². The predicted molar refractivity (Wildman–Crippen MR) is 172 cm³/mol. The van der Waals surface area contributed by atoms with Gasteiger partial charge in [-0.15, -0.1) is 5.06 Å². The molecule has 1 aliphatic heterocycles. The molecule has 1 fully saturated rings. The lowest BCUT2D eigenvalue weighted by atomic mass is 10.0. The standard InChI is InChI=1S/C30H42N6O13S/c1-17(2)26(35-23(38)8-4-5-9-25(40)49-36-24(39)15-22(29(36)43)50(45,46)47)28(42)34-21(7-6-14-32-30(31)44)27(41)33-20-12-10-19(11-13-20)16-48-18(3)37/h10-13,17,21-22,26H,4-9,14-16H2,1-3H3,(H,33,41)(H,34,42)(H,35,38)(H3,31,32,44)(H,45,46,47)/t21?,22?,26-/m0/s1. The quantitative estimate of drug-likeness (QED) is 0.0467. The molecule has 7 amide bonds. The first-order chi connectivity index (χ1) is 23.4. The minimum absolute atomic E-state index is 0.00904. The molecule has 20 heteroatoms. The molecule has 19 nitrogen and oxygen atoms in total. The summed E-state index contributed by atoms with van der Waals surface area (Å²) < 4.78 is 36.5. The van der Waals surface area contributed by atoms with Crippen LogP contribution in [-0.2, 0) is 59.9 Å². The summed E-state index contributed by atoms with van der Waals surface area (Å²) in [5, 5.41) is 8.30. The van der Waals surface area contributed by atoms with Crippen LogP contribution in [0.25, 0.3) is 0 Å². The highest BCUT2D eigenvalue weighted by atomic mass is 32.2. The molecule has 0 radical (unpaired) electrons. The van der Waals surface area contributed by atoms with Crippen molar-refractivity contribution in [1.82, 2.24) is 21.0 Å². The number of hydroxylamine groups is 2. The van der Waals surface area contributed by atoms with Crippen molar-refractivity contribution in [3.63, 3.8) is 0 Å². The maximum Gasteiger partial charge on any atom is 0.333 e. The Bertz CT molecular complexity index is 1550. The number of carbonyl (C=O) groups is 8. The molecule has 1 saturated heterocycles. The number of benzene rings is 1. The third kappa shape index (κ3) is 13.8. The minimum Gasteiger partial charge on any atom is -0.461 e. The molecule has 0 aromatic heterocycles. The van der Waals surface area contributed by atoms with E-state index >= 15 is 0 Å². The predicted octanol–water partition coefficient (Wildman–Crippen LogP) is -0.204. The van der Waals surface area contributed by atoms with Crippen molar-refractivity contribution in [1.29, 1.82) is 0 Å². The number of hydrogen-bond acceptors (Lipinski definition) is 12. The summed E-state index contributed by atoms with van der Waals surface area (Å²) in [5.41, 5.74) is 6.18. The lowest BCUT2D eigenvalue weighted by molar-refractivity contribution is -0.197. The number of carbonyl (C=O) groups excluding carboxylic acids is 8. The normalized spacial score (nSPS) is 15.5. The van der Waals surface area contributed by atoms with Gasteiger partial charge in [0.05, 0.1) is 6.42 Å². The number of nitrogens with one attached hydrogen (secondary N) is 4. The summed E-state index contributed by atoms with van der Waals surface area (Å²) >= 11 is 0. The van der Waals surface area contributed by atoms with Crippen molar-refractivity contribution in [3.05, 3.63) is 29.8 Å². The molecule has 1 aliphatic rings. The number of primary amides is 1. The summed E-state index contributed by atoms with van der Waals surface area (Å²) in [6.45, 7) is 4.82. The maximum absolute atomic E-state index is 13.3. The summed E-state index contributed by atoms with van der Waals surface area (Å²) in [4.78, 5) is 102. The van der Waals surface area contributed by atoms with Gasteiger partial charge in [-0.1, -0.05) is 26.0 Å². The van der Waals surface area contributed by atoms with Crippen LogP contribution in [0.3, 0.4) is 0 Å². The monoisotopic (exact) mass is 726 g/mol. The molecular formula is C30H42N6O13S. The topological polar surface area (TPSA) is 287 Å². The first-order valence-electron chi connectivity index (χ1n) is 15.6. The zero-order valence-corrected chi connectivity index (χ0v) is 28.6. The molecule has 3 atom stereocenters. The Hall–Kier alpha value is -5.11. The maximum atomic E-state index is 13.3. The number of nitrogens with zero attached hydrogens (tertiary/aromatic N) is 1. The van der Waals surface area contributed by atoms with Gasteiger partial charge < -0.3 is 36.6 Å². The van der Waals surface area contributed by atoms with Crippen molar-refractivity contribution >= 4 is 63.3 Å². The molecule has 1 heterocycles. The molecule has 0 bridgehead atoms. The van der Waals surface area contributed by atoms with Crippen LogP contribution in [0.1, 0.15) is 71.3 Å². The van der Waals surface area contributed by atoms with Crippen LogP contribution in [-0.4, -0.2) is 89.4 Å². The number of hydrogen-bond donors (Lipinski definition) is 6. The summed E-state index contributed by atoms with van der Waals surface area (Å²) in [5.74, 6) is -6.18. The van der Waals surface area contributed by atoms with E-state index in [1.807, 2.05) is 0 Å². The van der Waals surface area contributed by atoms with E-state index in [0.29, 0.717) is 11.3 Å². The Morgan fingerprint density at radius 2 is 1.62 bits per heavy atom. The van der Waals surface area contributed by atoms with Gasteiger partial charge in [-0.2, -0.15) is 8.42 Å². The minimum atomic E-state index is -4.87. The van der Waals surface area contributed by atoms with Crippen molar-refractivity contribution < 1.29 is 60.9 Å². The molecule has 0 spiro atoms. The fraction of sp³-hybridized carbons (Fsp3) is 0.533. The van der Waals surface area contributed by atoms with Crippen LogP contribution in [0, 0.1) is 5.92 Å². The number of nitrogens with two attached hydrogens (primary N) is 1. The van der Waals surface area contributed by atoms with Gasteiger partial charge in [0.15, 0.2) is 5.25 Å². The Morgan fingerprint density at radius 3 is 2.18 bits per heavy atom. The smallest absolute Gasteiger partial charge is 0.333 e. The average Bonchev–Trinajstić information content (AvgIpc) is 3.31. The molecular weight excluding hydrogens is 684 g/mol. The van der Waals surface area contributed by atoms with Crippen LogP contribution in [0.5, 0.6) is 0 Å². The van der Waals surface area contributed by atoms with E-state index in [9.17, 15) is 46.8 Å². The second kappa shape index (κ2) is 19.2. The van der Waals surface area contributed by atoms with Crippen molar-refractivity contribution in [2.24, 2.45) is 11.7 Å². The van der Waals surface area contributed by atoms with E-state index in [2.05, 4.69) is 26.1 Å². The van der Waals surface area contributed by atoms with Crippen LogP contribution in [0.2, 0.25) is 0 Å². The van der Waals surface area contributed by atoms with Gasteiger partial charge in [0, 0.05) is 32.0 Å². The van der Waals surface area contributed by atoms with Gasteiger partial charge in [-0.25, -0.2) is 9.59 Å². The van der Waals surface area contributed by atoms with Crippen LogP contribution in [0.15, 0.2) is 24.3 Å². The Labute approximate surface area is 288 Å². The largest absolute Gasteiger partial charge is 0.461 e. The third-order valence-electron chi connectivity index (χ3n) is 7.18. The van der Waals surface area contributed by atoms with Crippen LogP contribution < -0.4 is 27.0 Å². The number of urea groups is 1. The lowest BCUT2D eigenvalue weighted by Crippen LogP contribution is -2.54. The van der Waals surface area contributed by atoms with E-state index in [1.165, 1.54) is 6.92 Å². The van der Waals surface area contributed by atoms with Gasteiger partial charge in [-0.05, 0) is 49.3 Å². The molecule has 7 N–H and O–H groups in total. The van der Waals surface area contributed by atoms with Crippen LogP contribution in [0.4, 0.5) is 10.5 Å². The van der Waals surface area contributed by atoms with E-state index in [4.69, 9.17) is 15.0 Å². The first kappa shape index (κ1) is 41.1. The van der Waals surface area contributed by atoms with Gasteiger partial charge in [0.1, 0.15) is 18.7 Å². The lowest BCUT2D eigenvalue weighted by Gasteiger charge is -2.25. The molecule has 0 saturated carbocycles. The Morgan fingerprint density at radius 1 is 0.980 bits per heavy atom. The molecule has 0 aliphatic carbocycles. The number of amides is 7. The summed E-state index contributed by atoms with van der Waals surface area (Å²) in [6, 6.07) is 3.58. The number of unbranched alkanes of at least 4 members (excludes halogenated alkanes) is 1. The number of ether oxygens (including phenoxy) is 1. The molecule has 50 heavy (non-hydrogen) atoms. The zero-order chi connectivity index (χ0) is 37.6. The Kier molecular flexibility index (Phi) is 15.7. The SMILES string of the molecule is CC(=O)OCc1ccc(NC(=O)C(CCCNC(N)=O)NC(=O)[C@@H](NC(=O)CCCCC(=O)ON2C(=O)CC(S(=O)(=O)O)C2=O)C(C)C)cc1. The van der Waals surface area contributed by atoms with E-state index in [-0.39, 0.29) is 56.7 Å². The second-order valence-electron chi connectivity index (χ2n) is 11.7. The van der Waals surface area contributed by atoms with Crippen molar-refractivity contribution in [2.75, 3.05) is 11.9 Å². The van der Waals surface area contributed by atoms with E-state index < -0.39 is 87.3 Å². The highest BCUT2D eigenvalue weighted by molar-refractivity contribution is 7.87. The fourth-order valence-electron chi connectivity index (χ4n) is 4.54. The highest BCUT2D eigenvalue weighted by Crippen LogP contribution is 2.20. The average molecular weight is 727 g/mol. The van der Waals surface area contributed by atoms with Crippen molar-refractivity contribution in [2.45, 2.75) is 89.7 Å². The first-order valence-corrected chi connectivity index (χ1v) is 17.1. The third-order valence-corrected chi connectivity index (χ3v) is 8.27. The molecule has 2 rings (SSSR count). The molecule has 2 unspecified atom stereocenters. The second-order valence-corrected chi connectivity index (χ2v) is 13.3. The number of rotatable bonds is 19. The number of anilines is 1. The van der Waals surface area contributed by atoms with Crippen LogP contribution >= 0.6 is 0 Å². The summed E-state index contributed by atoms with van der Waals surface area (Å²) in [7, 11) is -4.87. The van der Waals surface area contributed by atoms with Gasteiger partial charge in [0.2, 0.25) is 17.7 Å². The van der Waals surface area contributed by atoms with E-state index in [0.717, 1.165) is 0 Å². The molecule has 276 valence electrons. The highest BCUT2D eigenvalue weighted by Gasteiger charge is 2.48.